The van der Waals surface area contributed by atoms with Crippen LogP contribution in [0.25, 0.3) is 11.1 Å². The average Bonchev–Trinajstić information content (AvgIpc) is 3.12. The van der Waals surface area contributed by atoms with Gasteiger partial charge in [-0.15, -0.1) is 0 Å². The molecule has 2 aromatic carbocycles. The summed E-state index contributed by atoms with van der Waals surface area (Å²) < 4.78 is 5.26. The van der Waals surface area contributed by atoms with Crippen LogP contribution in [0.5, 0.6) is 5.75 Å². The number of ether oxygens (including phenoxy) is 1. The Morgan fingerprint density at radius 2 is 1.90 bits per heavy atom. The van der Waals surface area contributed by atoms with Gasteiger partial charge < -0.3 is 25.4 Å². The zero-order valence-corrected chi connectivity index (χ0v) is 16.7. The second-order valence-corrected chi connectivity index (χ2v) is 7.20. The molecule has 1 fully saturated rings. The molecule has 7 nitrogen and oxygen atoms in total. The van der Waals surface area contributed by atoms with Gasteiger partial charge >= 0.3 is 6.03 Å². The Hall–Kier alpha value is -3.06. The van der Waals surface area contributed by atoms with Crippen LogP contribution in [0.1, 0.15) is 12.0 Å². The van der Waals surface area contributed by atoms with E-state index in [2.05, 4.69) is 10.6 Å². The molecule has 1 saturated heterocycles. The van der Waals surface area contributed by atoms with Crippen LogP contribution in [0.3, 0.4) is 0 Å². The number of benzene rings is 2. The van der Waals surface area contributed by atoms with E-state index in [1.54, 1.807) is 19.1 Å². The number of aliphatic hydroxyl groups excluding tert-OH is 1. The van der Waals surface area contributed by atoms with Crippen molar-refractivity contribution >= 4 is 11.9 Å². The highest BCUT2D eigenvalue weighted by molar-refractivity contribution is 5.77. The zero-order chi connectivity index (χ0) is 20.8. The Balaban J connectivity index is 1.53. The molecule has 29 heavy (non-hydrogen) atoms. The van der Waals surface area contributed by atoms with Crippen molar-refractivity contribution < 1.29 is 19.4 Å². The van der Waals surface area contributed by atoms with Crippen LogP contribution in [0.15, 0.2) is 48.5 Å². The molecular formula is C22H27N3O4. The molecule has 154 valence electrons. The highest BCUT2D eigenvalue weighted by atomic mass is 16.5. The van der Waals surface area contributed by atoms with Crippen molar-refractivity contribution in [1.82, 2.24) is 15.5 Å². The summed E-state index contributed by atoms with van der Waals surface area (Å²) in [5.74, 6) is 0.441. The van der Waals surface area contributed by atoms with Gasteiger partial charge in [0.25, 0.3) is 0 Å². The van der Waals surface area contributed by atoms with E-state index in [0.29, 0.717) is 13.1 Å². The van der Waals surface area contributed by atoms with Gasteiger partial charge in [0.15, 0.2) is 0 Å². The summed E-state index contributed by atoms with van der Waals surface area (Å²) in [7, 11) is 3.21. The topological polar surface area (TPSA) is 90.9 Å². The normalized spacial score (nSPS) is 18.4. The molecule has 3 amide bonds. The number of aliphatic hydroxyl groups is 1. The summed E-state index contributed by atoms with van der Waals surface area (Å²) >= 11 is 0. The van der Waals surface area contributed by atoms with E-state index >= 15 is 0 Å². The fourth-order valence-electron chi connectivity index (χ4n) is 3.47. The van der Waals surface area contributed by atoms with Crippen molar-refractivity contribution in [3.05, 3.63) is 54.1 Å². The first-order chi connectivity index (χ1) is 14.0. The Kier molecular flexibility index (Phi) is 6.72. The molecule has 0 bridgehead atoms. The second kappa shape index (κ2) is 9.43. The van der Waals surface area contributed by atoms with Gasteiger partial charge in [0, 0.05) is 39.0 Å². The maximum absolute atomic E-state index is 12.4. The van der Waals surface area contributed by atoms with Gasteiger partial charge in [0.1, 0.15) is 5.75 Å². The van der Waals surface area contributed by atoms with Crippen molar-refractivity contribution in [1.29, 1.82) is 0 Å². The molecule has 0 aromatic heterocycles. The van der Waals surface area contributed by atoms with Gasteiger partial charge in [-0.25, -0.2) is 4.79 Å². The van der Waals surface area contributed by atoms with Crippen molar-refractivity contribution in [3.8, 4) is 16.9 Å². The molecule has 7 heteroatoms. The largest absolute Gasteiger partial charge is 0.497 e. The molecule has 1 aliphatic rings. The Morgan fingerprint density at radius 1 is 1.14 bits per heavy atom. The maximum Gasteiger partial charge on any atom is 0.317 e. The summed E-state index contributed by atoms with van der Waals surface area (Å²) in [6, 6.07) is 15.6. The average molecular weight is 397 g/mol. The number of amides is 3. The van der Waals surface area contributed by atoms with Gasteiger partial charge in [-0.3, -0.25) is 4.79 Å². The standard InChI is InChI=1S/C22H27N3O4/c1-23-21(27)11-18-13-25(14-20(18)26)22(28)24-12-15-6-8-16(9-7-15)17-4-3-5-19(10-17)29-2/h3-10,18,20,26H,11-14H2,1-2H3,(H,23,27)(H,24,28)/t18-,20-/m1/s1. The molecule has 0 spiro atoms. The lowest BCUT2D eigenvalue weighted by Crippen LogP contribution is -2.38. The number of carbonyl (C=O) groups excluding carboxylic acids is 2. The van der Waals surface area contributed by atoms with Crippen LogP contribution in [0.2, 0.25) is 0 Å². The van der Waals surface area contributed by atoms with E-state index in [1.165, 1.54) is 0 Å². The van der Waals surface area contributed by atoms with Crippen LogP contribution < -0.4 is 15.4 Å². The predicted octanol–water partition coefficient (Wildman–Crippen LogP) is 2.00. The molecule has 0 aliphatic carbocycles. The van der Waals surface area contributed by atoms with Crippen LogP contribution in [-0.4, -0.2) is 55.3 Å². The fourth-order valence-corrected chi connectivity index (χ4v) is 3.47. The monoisotopic (exact) mass is 397 g/mol. The molecule has 3 rings (SSSR count). The van der Waals surface area contributed by atoms with Crippen LogP contribution in [0, 0.1) is 5.92 Å². The highest BCUT2D eigenvalue weighted by Gasteiger charge is 2.34. The molecule has 1 heterocycles. The van der Waals surface area contributed by atoms with Crippen molar-refractivity contribution in [2.45, 2.75) is 19.1 Å². The third kappa shape index (κ3) is 5.26. The molecule has 2 aromatic rings. The van der Waals surface area contributed by atoms with Gasteiger partial charge in [-0.1, -0.05) is 36.4 Å². The number of hydrogen-bond acceptors (Lipinski definition) is 4. The summed E-state index contributed by atoms with van der Waals surface area (Å²) in [4.78, 5) is 25.5. The minimum Gasteiger partial charge on any atom is -0.497 e. The number of carbonyl (C=O) groups is 2. The number of rotatable bonds is 6. The van der Waals surface area contributed by atoms with E-state index in [4.69, 9.17) is 4.74 Å². The summed E-state index contributed by atoms with van der Waals surface area (Å²) in [6.07, 6.45) is -0.465. The first-order valence-corrected chi connectivity index (χ1v) is 9.65. The number of hydrogen-bond donors (Lipinski definition) is 3. The Labute approximate surface area is 170 Å². The molecule has 0 saturated carbocycles. The highest BCUT2D eigenvalue weighted by Crippen LogP contribution is 2.24. The zero-order valence-electron chi connectivity index (χ0n) is 16.7. The van der Waals surface area contributed by atoms with Crippen LogP contribution >= 0.6 is 0 Å². The Bertz CT molecular complexity index is 853. The van der Waals surface area contributed by atoms with E-state index in [1.807, 2.05) is 48.5 Å². The van der Waals surface area contributed by atoms with E-state index in [-0.39, 0.29) is 30.8 Å². The van der Waals surface area contributed by atoms with Crippen LogP contribution in [0.4, 0.5) is 4.79 Å². The third-order valence-electron chi connectivity index (χ3n) is 5.22. The second-order valence-electron chi connectivity index (χ2n) is 7.20. The van der Waals surface area contributed by atoms with E-state index in [0.717, 1.165) is 22.4 Å². The number of methoxy groups -OCH3 is 1. The third-order valence-corrected chi connectivity index (χ3v) is 5.22. The lowest BCUT2D eigenvalue weighted by Gasteiger charge is -2.17. The minimum absolute atomic E-state index is 0.132. The molecule has 2 atom stereocenters. The van der Waals surface area contributed by atoms with Gasteiger partial charge in [-0.2, -0.15) is 0 Å². The molecule has 0 radical (unpaired) electrons. The lowest BCUT2D eigenvalue weighted by atomic mass is 10.0. The van der Waals surface area contributed by atoms with Crippen molar-refractivity contribution in [2.24, 2.45) is 5.92 Å². The first-order valence-electron chi connectivity index (χ1n) is 9.65. The summed E-state index contributed by atoms with van der Waals surface area (Å²) in [5, 5.41) is 15.5. The number of urea groups is 1. The minimum atomic E-state index is -0.680. The fraction of sp³-hybridized carbons (Fsp3) is 0.364. The molecular weight excluding hydrogens is 370 g/mol. The first kappa shape index (κ1) is 20.7. The van der Waals surface area contributed by atoms with Gasteiger partial charge in [0.2, 0.25) is 5.91 Å². The summed E-state index contributed by atoms with van der Waals surface area (Å²) in [5.41, 5.74) is 3.11. The molecule has 0 unspecified atom stereocenters. The maximum atomic E-state index is 12.4. The number of nitrogens with zero attached hydrogens (tertiary/aromatic N) is 1. The molecule has 1 aliphatic heterocycles. The van der Waals surface area contributed by atoms with Crippen LogP contribution in [-0.2, 0) is 11.3 Å². The predicted molar refractivity (Wildman–Crippen MR) is 110 cm³/mol. The number of nitrogens with one attached hydrogen (secondary N) is 2. The van der Waals surface area contributed by atoms with Crippen molar-refractivity contribution in [3.63, 3.8) is 0 Å². The van der Waals surface area contributed by atoms with Gasteiger partial charge in [-0.05, 0) is 28.8 Å². The quantitative estimate of drug-likeness (QED) is 0.695. The SMILES string of the molecule is CNC(=O)C[C@@H]1CN(C(=O)NCc2ccc(-c3cccc(OC)c3)cc2)C[C@H]1O. The molecule has 3 N–H and O–H groups in total. The van der Waals surface area contributed by atoms with Crippen molar-refractivity contribution in [2.75, 3.05) is 27.2 Å². The van der Waals surface area contributed by atoms with Gasteiger partial charge in [0.05, 0.1) is 13.2 Å². The number of likely N-dealkylation sites (tertiary alicyclic amines) is 1. The lowest BCUT2D eigenvalue weighted by molar-refractivity contribution is -0.122. The smallest absolute Gasteiger partial charge is 0.317 e. The number of β-amino-alcohol motifs (C(OH)–C–C–N with tert-alkyl or cyclic N) is 1. The summed E-state index contributed by atoms with van der Waals surface area (Å²) in [6.45, 7) is 1.00. The Morgan fingerprint density at radius 3 is 2.59 bits per heavy atom. The van der Waals surface area contributed by atoms with E-state index in [9.17, 15) is 14.7 Å². The van der Waals surface area contributed by atoms with E-state index < -0.39 is 6.10 Å².